The van der Waals surface area contributed by atoms with Crippen LogP contribution in [0.4, 0.5) is 5.69 Å². The second-order valence-corrected chi connectivity index (χ2v) is 2.27. The van der Waals surface area contributed by atoms with E-state index in [-0.39, 0.29) is 18.0 Å². The molecule has 1 aromatic heterocycles. The van der Waals surface area contributed by atoms with Gasteiger partial charge in [-0.1, -0.05) is 5.16 Å². The third-order valence-electron chi connectivity index (χ3n) is 1.41. The Morgan fingerprint density at radius 2 is 2.46 bits per heavy atom. The Morgan fingerprint density at radius 1 is 1.77 bits per heavy atom. The second-order valence-electron chi connectivity index (χ2n) is 2.27. The maximum Gasteiger partial charge on any atom is 0.349 e. The molecule has 0 spiro atoms. The van der Waals surface area contributed by atoms with Crippen LogP contribution in [0.15, 0.2) is 4.52 Å². The first-order valence-corrected chi connectivity index (χ1v) is 3.71. The summed E-state index contributed by atoms with van der Waals surface area (Å²) in [5, 5.41) is 3.44. The van der Waals surface area contributed by atoms with Gasteiger partial charge in [0.25, 0.3) is 5.69 Å². The van der Waals surface area contributed by atoms with E-state index in [2.05, 4.69) is 19.3 Å². The molecule has 0 aliphatic rings. The molecule has 0 unspecified atom stereocenters. The van der Waals surface area contributed by atoms with Crippen LogP contribution >= 0.6 is 0 Å². The van der Waals surface area contributed by atoms with Gasteiger partial charge < -0.3 is 9.26 Å². The summed E-state index contributed by atoms with van der Waals surface area (Å²) in [6.07, 6.45) is 0. The van der Waals surface area contributed by atoms with E-state index in [1.807, 2.05) is 0 Å². The molecule has 0 amide bonds. The molecule has 0 atom stereocenters. The zero-order valence-electron chi connectivity index (χ0n) is 7.33. The van der Waals surface area contributed by atoms with Crippen molar-refractivity contribution in [1.82, 2.24) is 5.16 Å². The van der Waals surface area contributed by atoms with Crippen LogP contribution in [-0.2, 0) is 4.74 Å². The largest absolute Gasteiger partial charge is 0.462 e. The maximum atomic E-state index is 11.1. The van der Waals surface area contributed by atoms with Crippen molar-refractivity contribution in [2.45, 2.75) is 13.8 Å². The molecule has 5 nitrogen and oxygen atoms in total. The summed E-state index contributed by atoms with van der Waals surface area (Å²) in [6, 6.07) is 0. The highest BCUT2D eigenvalue weighted by Crippen LogP contribution is 2.23. The van der Waals surface area contributed by atoms with E-state index < -0.39 is 5.97 Å². The predicted octanol–water partition coefficient (Wildman–Crippen LogP) is 1.71. The van der Waals surface area contributed by atoms with Crippen LogP contribution in [-0.4, -0.2) is 17.7 Å². The van der Waals surface area contributed by atoms with E-state index in [0.29, 0.717) is 5.76 Å². The van der Waals surface area contributed by atoms with E-state index in [1.54, 1.807) is 13.8 Å². The molecule has 68 valence electrons. The Bertz CT molecular complexity index is 362. The molecule has 0 aliphatic heterocycles. The number of aromatic nitrogens is 1. The van der Waals surface area contributed by atoms with E-state index in [1.165, 1.54) is 0 Å². The van der Waals surface area contributed by atoms with Crippen LogP contribution in [0.2, 0.25) is 0 Å². The predicted molar refractivity (Wildman–Crippen MR) is 43.5 cm³/mol. The number of aryl methyl sites for hydroxylation is 1. The number of hydrogen-bond acceptors (Lipinski definition) is 4. The van der Waals surface area contributed by atoms with Crippen molar-refractivity contribution in [2.75, 3.05) is 6.61 Å². The lowest BCUT2D eigenvalue weighted by molar-refractivity contribution is 0.0516. The first-order chi connectivity index (χ1) is 6.20. The summed E-state index contributed by atoms with van der Waals surface area (Å²) in [4.78, 5) is 14.3. The van der Waals surface area contributed by atoms with E-state index in [9.17, 15) is 4.79 Å². The molecule has 0 N–H and O–H groups in total. The molecule has 0 aliphatic carbocycles. The Morgan fingerprint density at radius 3 is 3.00 bits per heavy atom. The van der Waals surface area contributed by atoms with Gasteiger partial charge in [-0.05, 0) is 13.8 Å². The summed E-state index contributed by atoms with van der Waals surface area (Å²) >= 11 is 0. The number of ether oxygens (including phenoxy) is 1. The minimum absolute atomic E-state index is 0.0469. The Balaban J connectivity index is 3.02. The zero-order chi connectivity index (χ0) is 9.84. The summed E-state index contributed by atoms with van der Waals surface area (Å²) < 4.78 is 9.37. The summed E-state index contributed by atoms with van der Waals surface area (Å²) in [5.74, 6) is -0.289. The molecule has 1 aromatic rings. The van der Waals surface area contributed by atoms with Crippen LogP contribution in [0.3, 0.4) is 0 Å². The topological polar surface area (TPSA) is 56.7 Å². The normalized spacial score (nSPS) is 9.31. The van der Waals surface area contributed by atoms with Crippen molar-refractivity contribution >= 4 is 11.7 Å². The van der Waals surface area contributed by atoms with Crippen molar-refractivity contribution in [3.8, 4) is 0 Å². The molecule has 0 fully saturated rings. The highest BCUT2D eigenvalue weighted by Gasteiger charge is 2.20. The second kappa shape index (κ2) is 3.72. The number of hydrogen-bond donors (Lipinski definition) is 0. The standard InChI is InChI=1S/C8H8N2O3/c1-4-12-8(11)7-6(9-3)5(2)13-10-7/h4H2,1-2H3. The average molecular weight is 180 g/mol. The fourth-order valence-corrected chi connectivity index (χ4v) is 0.832. The van der Waals surface area contributed by atoms with Gasteiger partial charge >= 0.3 is 5.97 Å². The first kappa shape index (κ1) is 9.26. The van der Waals surface area contributed by atoms with Crippen molar-refractivity contribution < 1.29 is 14.1 Å². The van der Waals surface area contributed by atoms with Gasteiger partial charge in [-0.25, -0.2) is 9.64 Å². The molecular formula is C8H8N2O3. The quantitative estimate of drug-likeness (QED) is 0.513. The summed E-state index contributed by atoms with van der Waals surface area (Å²) in [7, 11) is 0. The van der Waals surface area contributed by atoms with Crippen LogP contribution in [0.5, 0.6) is 0 Å². The van der Waals surface area contributed by atoms with Gasteiger partial charge in [0.1, 0.15) is 5.76 Å². The molecule has 1 heterocycles. The molecule has 13 heavy (non-hydrogen) atoms. The van der Waals surface area contributed by atoms with E-state index in [4.69, 9.17) is 6.57 Å². The van der Waals surface area contributed by atoms with Crippen molar-refractivity contribution in [3.05, 3.63) is 22.9 Å². The molecule has 0 radical (unpaired) electrons. The molecule has 5 heteroatoms. The van der Waals surface area contributed by atoms with Gasteiger partial charge in [0.15, 0.2) is 5.69 Å². The van der Waals surface area contributed by atoms with Crippen molar-refractivity contribution in [3.63, 3.8) is 0 Å². The Kier molecular flexibility index (Phi) is 2.65. The highest BCUT2D eigenvalue weighted by molar-refractivity contribution is 5.94. The van der Waals surface area contributed by atoms with Crippen molar-refractivity contribution in [1.29, 1.82) is 0 Å². The Hall–Kier alpha value is -1.83. The lowest BCUT2D eigenvalue weighted by atomic mass is 10.3. The highest BCUT2D eigenvalue weighted by atomic mass is 16.5. The first-order valence-electron chi connectivity index (χ1n) is 3.71. The number of carbonyl (C=O) groups is 1. The fraction of sp³-hybridized carbons (Fsp3) is 0.375. The van der Waals surface area contributed by atoms with Crippen molar-refractivity contribution in [2.24, 2.45) is 0 Å². The third kappa shape index (κ3) is 1.67. The summed E-state index contributed by atoms with van der Waals surface area (Å²) in [5.41, 5.74) is 0.0767. The van der Waals surface area contributed by atoms with Gasteiger partial charge in [0.2, 0.25) is 0 Å². The van der Waals surface area contributed by atoms with Gasteiger partial charge in [0, 0.05) is 0 Å². The zero-order valence-corrected chi connectivity index (χ0v) is 7.33. The minimum atomic E-state index is -0.620. The van der Waals surface area contributed by atoms with Gasteiger partial charge in [-0.2, -0.15) is 0 Å². The fourth-order valence-electron chi connectivity index (χ4n) is 0.832. The lowest BCUT2D eigenvalue weighted by Gasteiger charge is -1.96. The average Bonchev–Trinajstić information content (AvgIpc) is 2.47. The van der Waals surface area contributed by atoms with E-state index in [0.717, 1.165) is 0 Å². The number of esters is 1. The van der Waals surface area contributed by atoms with Gasteiger partial charge in [-0.15, -0.1) is 0 Å². The van der Waals surface area contributed by atoms with Gasteiger partial charge in [0.05, 0.1) is 13.2 Å². The van der Waals surface area contributed by atoms with Crippen LogP contribution in [0.25, 0.3) is 4.85 Å². The monoisotopic (exact) mass is 180 g/mol. The Labute approximate surface area is 75.1 Å². The minimum Gasteiger partial charge on any atom is -0.462 e. The third-order valence-corrected chi connectivity index (χ3v) is 1.41. The molecule has 0 saturated heterocycles. The number of carbonyl (C=O) groups excluding carboxylic acids is 1. The molecule has 0 aromatic carbocycles. The van der Waals surface area contributed by atoms with E-state index >= 15 is 0 Å². The van der Waals surface area contributed by atoms with Gasteiger partial charge in [-0.3, -0.25) is 0 Å². The van der Waals surface area contributed by atoms with Crippen LogP contribution in [0, 0.1) is 13.5 Å². The maximum absolute atomic E-state index is 11.1. The molecular weight excluding hydrogens is 172 g/mol. The van der Waals surface area contributed by atoms with Crippen LogP contribution < -0.4 is 0 Å². The molecule has 1 rings (SSSR count). The lowest BCUT2D eigenvalue weighted by Crippen LogP contribution is -2.04. The summed E-state index contributed by atoms with van der Waals surface area (Å²) in [6.45, 7) is 10.3. The van der Waals surface area contributed by atoms with Crippen LogP contribution in [0.1, 0.15) is 23.2 Å². The number of rotatable bonds is 2. The SMILES string of the molecule is [C-]#[N+]c1c(C(=O)OCC)noc1C. The molecule has 0 bridgehead atoms. The smallest absolute Gasteiger partial charge is 0.349 e. The molecule has 0 saturated carbocycles. The number of nitrogens with zero attached hydrogens (tertiary/aromatic N) is 2.